The Labute approximate surface area is 96.5 Å². The van der Waals surface area contributed by atoms with Crippen molar-refractivity contribution in [2.75, 3.05) is 6.54 Å². The summed E-state index contributed by atoms with van der Waals surface area (Å²) in [5.41, 5.74) is 1.07. The Hall–Kier alpha value is -1.09. The standard InChI is InChI=1S/C13H20FNO/c1-13(2,3)4-5-15-9-10-6-11(14)8-12(16)7-10/h6-8,15-16H,4-5,9H2,1-3H3. The molecular formula is C13H20FNO. The van der Waals surface area contributed by atoms with Gasteiger partial charge >= 0.3 is 0 Å². The number of halogens is 1. The van der Waals surface area contributed by atoms with Gasteiger partial charge in [-0.3, -0.25) is 0 Å². The van der Waals surface area contributed by atoms with E-state index in [0.717, 1.165) is 24.6 Å². The highest BCUT2D eigenvalue weighted by Gasteiger charge is 2.08. The van der Waals surface area contributed by atoms with Gasteiger partial charge < -0.3 is 10.4 Å². The van der Waals surface area contributed by atoms with Crippen molar-refractivity contribution in [3.8, 4) is 5.75 Å². The van der Waals surface area contributed by atoms with Crippen molar-refractivity contribution in [3.05, 3.63) is 29.6 Å². The molecule has 0 aromatic heterocycles. The molecule has 0 amide bonds. The summed E-state index contributed by atoms with van der Waals surface area (Å²) in [4.78, 5) is 0. The molecule has 0 unspecified atom stereocenters. The molecule has 1 aromatic rings. The van der Waals surface area contributed by atoms with Crippen molar-refractivity contribution in [2.24, 2.45) is 5.41 Å². The summed E-state index contributed by atoms with van der Waals surface area (Å²) >= 11 is 0. The number of nitrogens with one attached hydrogen (secondary N) is 1. The van der Waals surface area contributed by atoms with Crippen molar-refractivity contribution in [3.63, 3.8) is 0 Å². The maximum Gasteiger partial charge on any atom is 0.127 e. The Morgan fingerprint density at radius 2 is 1.94 bits per heavy atom. The third-order valence-electron chi connectivity index (χ3n) is 2.32. The molecule has 0 radical (unpaired) electrons. The van der Waals surface area contributed by atoms with E-state index in [4.69, 9.17) is 0 Å². The summed E-state index contributed by atoms with van der Waals surface area (Å²) < 4.78 is 12.9. The highest BCUT2D eigenvalue weighted by atomic mass is 19.1. The monoisotopic (exact) mass is 225 g/mol. The van der Waals surface area contributed by atoms with E-state index in [1.54, 1.807) is 6.07 Å². The molecule has 0 saturated heterocycles. The van der Waals surface area contributed by atoms with Gasteiger partial charge in [0.05, 0.1) is 0 Å². The van der Waals surface area contributed by atoms with Crippen LogP contribution in [0.2, 0.25) is 0 Å². The Morgan fingerprint density at radius 3 is 2.50 bits per heavy atom. The van der Waals surface area contributed by atoms with Crippen LogP contribution >= 0.6 is 0 Å². The van der Waals surface area contributed by atoms with E-state index in [1.807, 2.05) is 0 Å². The number of rotatable bonds is 4. The molecule has 2 N–H and O–H groups in total. The number of phenols is 1. The van der Waals surface area contributed by atoms with Crippen LogP contribution in [0.1, 0.15) is 32.8 Å². The third-order valence-corrected chi connectivity index (χ3v) is 2.32. The number of hydrogen-bond donors (Lipinski definition) is 2. The van der Waals surface area contributed by atoms with Crippen molar-refractivity contribution >= 4 is 0 Å². The molecule has 16 heavy (non-hydrogen) atoms. The van der Waals surface area contributed by atoms with Gasteiger partial charge in [-0.2, -0.15) is 0 Å². The second-order valence-corrected chi connectivity index (χ2v) is 5.31. The minimum atomic E-state index is -0.396. The summed E-state index contributed by atoms with van der Waals surface area (Å²) in [6.45, 7) is 8.02. The maximum atomic E-state index is 12.9. The zero-order valence-electron chi connectivity index (χ0n) is 10.2. The molecule has 0 spiro atoms. The van der Waals surface area contributed by atoms with E-state index >= 15 is 0 Å². The van der Waals surface area contributed by atoms with E-state index in [-0.39, 0.29) is 5.75 Å². The van der Waals surface area contributed by atoms with Crippen LogP contribution < -0.4 is 5.32 Å². The second-order valence-electron chi connectivity index (χ2n) is 5.31. The zero-order chi connectivity index (χ0) is 12.2. The summed E-state index contributed by atoms with van der Waals surface area (Å²) in [7, 11) is 0. The van der Waals surface area contributed by atoms with Gasteiger partial charge in [-0.05, 0) is 36.1 Å². The van der Waals surface area contributed by atoms with Crippen LogP contribution in [0.5, 0.6) is 5.75 Å². The maximum absolute atomic E-state index is 12.9. The SMILES string of the molecule is CC(C)(C)CCNCc1cc(O)cc(F)c1. The molecule has 0 heterocycles. The molecule has 2 nitrogen and oxygen atoms in total. The molecule has 1 aromatic carbocycles. The van der Waals surface area contributed by atoms with Crippen LogP contribution in [0, 0.1) is 11.2 Å². The van der Waals surface area contributed by atoms with Crippen molar-refractivity contribution < 1.29 is 9.50 Å². The topological polar surface area (TPSA) is 32.3 Å². The summed E-state index contributed by atoms with van der Waals surface area (Å²) in [5.74, 6) is -0.416. The fourth-order valence-electron chi connectivity index (χ4n) is 1.43. The molecular weight excluding hydrogens is 205 g/mol. The predicted molar refractivity (Wildman–Crippen MR) is 63.8 cm³/mol. The van der Waals surface area contributed by atoms with E-state index in [9.17, 15) is 9.50 Å². The van der Waals surface area contributed by atoms with Crippen LogP contribution in [0.4, 0.5) is 4.39 Å². The molecule has 0 fully saturated rings. The summed E-state index contributed by atoms with van der Waals surface area (Å²) in [6.07, 6.45) is 1.06. The van der Waals surface area contributed by atoms with Gasteiger partial charge in [0.15, 0.2) is 0 Å². The minimum absolute atomic E-state index is 0.0207. The lowest BCUT2D eigenvalue weighted by Crippen LogP contribution is -2.20. The molecule has 3 heteroatoms. The molecule has 0 saturated carbocycles. The van der Waals surface area contributed by atoms with Gasteiger partial charge in [-0.25, -0.2) is 4.39 Å². The molecule has 0 aliphatic heterocycles. The fourth-order valence-corrected chi connectivity index (χ4v) is 1.43. The first-order chi connectivity index (χ1) is 7.37. The quantitative estimate of drug-likeness (QED) is 0.772. The van der Waals surface area contributed by atoms with Crippen molar-refractivity contribution in [1.29, 1.82) is 0 Å². The normalized spacial score (nSPS) is 11.8. The average molecular weight is 225 g/mol. The van der Waals surface area contributed by atoms with E-state index in [2.05, 4.69) is 26.1 Å². The molecule has 90 valence electrons. The molecule has 0 aliphatic carbocycles. The van der Waals surface area contributed by atoms with Gasteiger partial charge in [0.25, 0.3) is 0 Å². The first-order valence-electron chi connectivity index (χ1n) is 5.56. The number of phenolic OH excluding ortho intramolecular Hbond substituents is 1. The van der Waals surface area contributed by atoms with E-state index < -0.39 is 5.82 Å². The second kappa shape index (κ2) is 5.30. The van der Waals surface area contributed by atoms with Gasteiger partial charge in [-0.1, -0.05) is 20.8 Å². The van der Waals surface area contributed by atoms with Gasteiger partial charge in [0.1, 0.15) is 11.6 Å². The van der Waals surface area contributed by atoms with Crippen LogP contribution in [0.15, 0.2) is 18.2 Å². The highest BCUT2D eigenvalue weighted by Crippen LogP contribution is 2.17. The average Bonchev–Trinajstić information content (AvgIpc) is 2.09. The molecule has 1 rings (SSSR count). The first-order valence-corrected chi connectivity index (χ1v) is 5.56. The Morgan fingerprint density at radius 1 is 1.25 bits per heavy atom. The zero-order valence-corrected chi connectivity index (χ0v) is 10.2. The summed E-state index contributed by atoms with van der Waals surface area (Å²) in [5, 5.41) is 12.4. The Kier molecular flexibility index (Phi) is 4.30. The van der Waals surface area contributed by atoms with Gasteiger partial charge in [0.2, 0.25) is 0 Å². The van der Waals surface area contributed by atoms with Crippen molar-refractivity contribution in [1.82, 2.24) is 5.32 Å². The van der Waals surface area contributed by atoms with Gasteiger partial charge in [-0.15, -0.1) is 0 Å². The van der Waals surface area contributed by atoms with Crippen LogP contribution in [0.3, 0.4) is 0 Å². The molecule has 0 bridgehead atoms. The van der Waals surface area contributed by atoms with Crippen LogP contribution in [0.25, 0.3) is 0 Å². The smallest absolute Gasteiger partial charge is 0.127 e. The largest absolute Gasteiger partial charge is 0.508 e. The Balaban J connectivity index is 2.37. The lowest BCUT2D eigenvalue weighted by Gasteiger charge is -2.18. The van der Waals surface area contributed by atoms with E-state index in [0.29, 0.717) is 12.0 Å². The lowest BCUT2D eigenvalue weighted by molar-refractivity contribution is 0.366. The van der Waals surface area contributed by atoms with E-state index in [1.165, 1.54) is 6.07 Å². The number of aromatic hydroxyl groups is 1. The highest BCUT2D eigenvalue weighted by molar-refractivity contribution is 5.28. The van der Waals surface area contributed by atoms with Crippen molar-refractivity contribution in [2.45, 2.75) is 33.7 Å². The predicted octanol–water partition coefficient (Wildman–Crippen LogP) is 3.06. The summed E-state index contributed by atoms with van der Waals surface area (Å²) in [6, 6.07) is 4.12. The molecule has 0 aliphatic rings. The molecule has 0 atom stereocenters. The number of benzene rings is 1. The van der Waals surface area contributed by atoms with Gasteiger partial charge in [0, 0.05) is 12.6 Å². The minimum Gasteiger partial charge on any atom is -0.508 e. The Bertz CT molecular complexity index is 324. The van der Waals surface area contributed by atoms with Crippen LogP contribution in [-0.4, -0.2) is 11.7 Å². The number of hydrogen-bond acceptors (Lipinski definition) is 2. The van der Waals surface area contributed by atoms with Crippen LogP contribution in [-0.2, 0) is 6.54 Å². The fraction of sp³-hybridized carbons (Fsp3) is 0.538. The first kappa shape index (κ1) is 13.0. The lowest BCUT2D eigenvalue weighted by atomic mass is 9.92. The third kappa shape index (κ3) is 5.12.